The van der Waals surface area contributed by atoms with Crippen molar-refractivity contribution in [2.24, 2.45) is 11.1 Å². The molecule has 1 aliphatic carbocycles. The minimum Gasteiger partial charge on any atom is -0.381 e. The maximum atomic E-state index is 12.8. The molecule has 36 heavy (non-hydrogen) atoms. The number of ketones is 1. The standard InChI is InChI=1S/C27H36N6O3/c1-16-24-22(14-27(2,3)15-23(24)34)33(31-16)18-6-7-19(25(28)35)21(13-18)30-17-8-11-32(12-9-17)26(36)20-5-4-10-29-20/h6-7,13,17,20,29-30H,4-5,8-12,14-15H2,1-3H3,(H2,28,35)/t20-/m0/s1. The molecule has 1 aromatic carbocycles. The molecule has 2 aliphatic heterocycles. The molecule has 2 amide bonds. The van der Waals surface area contributed by atoms with Gasteiger partial charge in [-0.05, 0) is 69.2 Å². The lowest BCUT2D eigenvalue weighted by molar-refractivity contribution is -0.134. The number of anilines is 1. The number of nitrogens with two attached hydrogens (primary N) is 1. The van der Waals surface area contributed by atoms with E-state index in [9.17, 15) is 14.4 Å². The molecule has 0 bridgehead atoms. The van der Waals surface area contributed by atoms with Crippen molar-refractivity contribution in [2.45, 2.75) is 71.4 Å². The fourth-order valence-electron chi connectivity index (χ4n) is 5.93. The number of aryl methyl sites for hydroxylation is 1. The average Bonchev–Trinajstić information content (AvgIpc) is 3.46. The van der Waals surface area contributed by atoms with Gasteiger partial charge in [0, 0.05) is 31.2 Å². The van der Waals surface area contributed by atoms with Crippen LogP contribution < -0.4 is 16.4 Å². The van der Waals surface area contributed by atoms with Gasteiger partial charge in [0.15, 0.2) is 5.78 Å². The first-order valence-electron chi connectivity index (χ1n) is 13.0. The van der Waals surface area contributed by atoms with E-state index in [1.807, 2.05) is 28.6 Å². The Labute approximate surface area is 211 Å². The number of fused-ring (bicyclic) bond motifs is 1. The van der Waals surface area contributed by atoms with Crippen LogP contribution in [0.4, 0.5) is 5.69 Å². The molecule has 192 valence electrons. The normalized spacial score (nSPS) is 21.9. The Morgan fingerprint density at radius 3 is 2.58 bits per heavy atom. The van der Waals surface area contributed by atoms with Crippen LogP contribution in [0.25, 0.3) is 5.69 Å². The molecule has 2 aromatic rings. The summed E-state index contributed by atoms with van der Waals surface area (Å²) in [6, 6.07) is 5.53. The van der Waals surface area contributed by atoms with Crippen molar-refractivity contribution in [3.05, 3.63) is 40.7 Å². The fraction of sp³-hybridized carbons (Fsp3) is 0.556. The summed E-state index contributed by atoms with van der Waals surface area (Å²) >= 11 is 0. The van der Waals surface area contributed by atoms with Crippen LogP contribution in [0, 0.1) is 12.3 Å². The minimum absolute atomic E-state index is 0.0482. The minimum atomic E-state index is -0.501. The van der Waals surface area contributed by atoms with Crippen LogP contribution in [0.2, 0.25) is 0 Å². The maximum absolute atomic E-state index is 12.8. The Kier molecular flexibility index (Phi) is 6.36. The maximum Gasteiger partial charge on any atom is 0.250 e. The second kappa shape index (κ2) is 9.35. The van der Waals surface area contributed by atoms with Crippen molar-refractivity contribution in [1.82, 2.24) is 20.0 Å². The lowest BCUT2D eigenvalue weighted by Crippen LogP contribution is -2.48. The van der Waals surface area contributed by atoms with E-state index in [2.05, 4.69) is 24.5 Å². The van der Waals surface area contributed by atoms with Gasteiger partial charge < -0.3 is 21.3 Å². The van der Waals surface area contributed by atoms with Crippen LogP contribution in [0.3, 0.4) is 0 Å². The fourth-order valence-corrected chi connectivity index (χ4v) is 5.93. The van der Waals surface area contributed by atoms with E-state index in [1.54, 1.807) is 6.07 Å². The van der Waals surface area contributed by atoms with Crippen LogP contribution in [0.5, 0.6) is 0 Å². The van der Waals surface area contributed by atoms with Crippen molar-refractivity contribution < 1.29 is 14.4 Å². The quantitative estimate of drug-likeness (QED) is 0.590. The number of Topliss-reactive ketones (excluding diaryl/α,β-unsaturated/α-hetero) is 1. The highest BCUT2D eigenvalue weighted by molar-refractivity contribution is 6.00. The number of hydrogen-bond donors (Lipinski definition) is 3. The smallest absolute Gasteiger partial charge is 0.250 e. The second-order valence-corrected chi connectivity index (χ2v) is 11.2. The van der Waals surface area contributed by atoms with E-state index in [4.69, 9.17) is 10.8 Å². The van der Waals surface area contributed by atoms with Crippen LogP contribution in [-0.2, 0) is 11.2 Å². The number of hydrogen-bond acceptors (Lipinski definition) is 6. The van der Waals surface area contributed by atoms with Gasteiger partial charge in [-0.2, -0.15) is 5.10 Å². The van der Waals surface area contributed by atoms with Crippen LogP contribution in [0.1, 0.15) is 78.1 Å². The van der Waals surface area contributed by atoms with Crippen LogP contribution in [0.15, 0.2) is 18.2 Å². The molecule has 3 aliphatic rings. The lowest BCUT2D eigenvalue weighted by Gasteiger charge is -2.34. The van der Waals surface area contributed by atoms with Gasteiger partial charge in [0.25, 0.3) is 5.91 Å². The topological polar surface area (TPSA) is 122 Å². The first-order valence-corrected chi connectivity index (χ1v) is 13.0. The second-order valence-electron chi connectivity index (χ2n) is 11.2. The average molecular weight is 493 g/mol. The SMILES string of the molecule is Cc1nn(-c2ccc(C(N)=O)c(NC3CCN(C(=O)[C@@H]4CCCN4)CC3)c2)c2c1C(=O)CC(C)(C)C2. The molecule has 0 spiro atoms. The van der Waals surface area contributed by atoms with E-state index in [1.165, 1.54) is 0 Å². The molecule has 2 fully saturated rings. The molecule has 0 unspecified atom stereocenters. The van der Waals surface area contributed by atoms with E-state index in [0.717, 1.165) is 61.3 Å². The molecule has 1 aromatic heterocycles. The summed E-state index contributed by atoms with van der Waals surface area (Å²) in [6.45, 7) is 8.35. The molecule has 2 saturated heterocycles. The van der Waals surface area contributed by atoms with Gasteiger partial charge in [0.05, 0.1) is 34.2 Å². The predicted octanol–water partition coefficient (Wildman–Crippen LogP) is 2.59. The number of likely N-dealkylation sites (tertiary alicyclic amines) is 1. The molecular weight excluding hydrogens is 456 g/mol. The lowest BCUT2D eigenvalue weighted by atomic mass is 9.75. The van der Waals surface area contributed by atoms with Gasteiger partial charge >= 0.3 is 0 Å². The number of nitrogens with zero attached hydrogens (tertiary/aromatic N) is 3. The van der Waals surface area contributed by atoms with Crippen LogP contribution >= 0.6 is 0 Å². The number of carbonyl (C=O) groups excluding carboxylic acids is 3. The molecule has 4 N–H and O–H groups in total. The summed E-state index contributed by atoms with van der Waals surface area (Å²) in [5, 5.41) is 11.5. The Morgan fingerprint density at radius 2 is 1.92 bits per heavy atom. The van der Waals surface area contributed by atoms with Gasteiger partial charge in [0.1, 0.15) is 0 Å². The monoisotopic (exact) mass is 492 g/mol. The van der Waals surface area contributed by atoms with E-state index in [0.29, 0.717) is 30.8 Å². The molecule has 5 rings (SSSR count). The van der Waals surface area contributed by atoms with Crippen LogP contribution in [-0.4, -0.2) is 64.0 Å². The number of rotatable bonds is 5. The first-order chi connectivity index (χ1) is 17.1. The Bertz CT molecular complexity index is 1200. The molecule has 1 atom stereocenters. The Morgan fingerprint density at radius 1 is 1.17 bits per heavy atom. The van der Waals surface area contributed by atoms with Crippen molar-refractivity contribution in [3.8, 4) is 5.69 Å². The highest BCUT2D eigenvalue weighted by atomic mass is 16.2. The Hall–Kier alpha value is -3.20. The molecule has 0 radical (unpaired) electrons. The van der Waals surface area contributed by atoms with Crippen molar-refractivity contribution >= 4 is 23.3 Å². The number of amides is 2. The number of nitrogens with one attached hydrogen (secondary N) is 2. The first kappa shape index (κ1) is 24.5. The van der Waals surface area contributed by atoms with Crippen molar-refractivity contribution in [1.29, 1.82) is 0 Å². The van der Waals surface area contributed by atoms with Gasteiger partial charge in [-0.3, -0.25) is 14.4 Å². The zero-order chi connectivity index (χ0) is 25.6. The van der Waals surface area contributed by atoms with Crippen molar-refractivity contribution in [2.75, 3.05) is 25.0 Å². The summed E-state index contributed by atoms with van der Waals surface area (Å²) in [5.41, 5.74) is 9.80. The van der Waals surface area contributed by atoms with Gasteiger partial charge in [0.2, 0.25) is 5.91 Å². The van der Waals surface area contributed by atoms with Gasteiger partial charge in [-0.25, -0.2) is 4.68 Å². The highest BCUT2D eigenvalue weighted by Gasteiger charge is 2.36. The summed E-state index contributed by atoms with van der Waals surface area (Å²) in [6.07, 6.45) is 4.80. The van der Waals surface area contributed by atoms with E-state index < -0.39 is 5.91 Å². The third kappa shape index (κ3) is 4.64. The van der Waals surface area contributed by atoms with Crippen molar-refractivity contribution in [3.63, 3.8) is 0 Å². The largest absolute Gasteiger partial charge is 0.381 e. The highest BCUT2D eigenvalue weighted by Crippen LogP contribution is 2.37. The van der Waals surface area contributed by atoms with Gasteiger partial charge in [-0.1, -0.05) is 13.8 Å². The summed E-state index contributed by atoms with van der Waals surface area (Å²) in [5.74, 6) is -0.174. The number of primary amides is 1. The van der Waals surface area contributed by atoms with E-state index in [-0.39, 0.29) is 29.2 Å². The third-order valence-electron chi connectivity index (χ3n) is 7.76. The molecule has 0 saturated carbocycles. The zero-order valence-corrected chi connectivity index (χ0v) is 21.4. The number of aromatic nitrogens is 2. The predicted molar refractivity (Wildman–Crippen MR) is 138 cm³/mol. The summed E-state index contributed by atoms with van der Waals surface area (Å²) in [7, 11) is 0. The molecular formula is C27H36N6O3. The van der Waals surface area contributed by atoms with E-state index >= 15 is 0 Å². The zero-order valence-electron chi connectivity index (χ0n) is 21.4. The Balaban J connectivity index is 1.37. The number of carbonyl (C=O) groups is 3. The molecule has 3 heterocycles. The third-order valence-corrected chi connectivity index (χ3v) is 7.76. The number of piperidine rings is 1. The molecule has 9 heteroatoms. The summed E-state index contributed by atoms with van der Waals surface area (Å²) in [4.78, 5) is 39.8. The number of benzene rings is 1. The van der Waals surface area contributed by atoms with Gasteiger partial charge in [-0.15, -0.1) is 0 Å². The summed E-state index contributed by atoms with van der Waals surface area (Å²) < 4.78 is 1.84. The molecule has 9 nitrogen and oxygen atoms in total.